The number of nitrogens with one attached hydrogen (secondary N) is 1. The SMILES string of the molecule is CN1CCCc2cc([C@@H](CNS(=O)(=O)c3cc(F)ccc3F)N(C)C)ccc21. The van der Waals surface area contributed by atoms with E-state index in [1.54, 1.807) is 0 Å². The van der Waals surface area contributed by atoms with Crippen molar-refractivity contribution in [2.45, 2.75) is 23.8 Å². The third-order valence-electron chi connectivity index (χ3n) is 5.11. The Kier molecular flexibility index (Phi) is 6.02. The van der Waals surface area contributed by atoms with E-state index in [1.165, 1.54) is 11.3 Å². The maximum Gasteiger partial charge on any atom is 0.243 e. The molecular formula is C20H25F2N3O2S. The molecule has 0 bridgehead atoms. The van der Waals surface area contributed by atoms with E-state index in [4.69, 9.17) is 0 Å². The molecule has 0 unspecified atom stereocenters. The van der Waals surface area contributed by atoms with Gasteiger partial charge in [-0.3, -0.25) is 0 Å². The van der Waals surface area contributed by atoms with Crippen molar-refractivity contribution in [2.24, 2.45) is 0 Å². The molecule has 5 nitrogen and oxygen atoms in total. The molecule has 0 saturated heterocycles. The van der Waals surface area contributed by atoms with Gasteiger partial charge in [0.15, 0.2) is 0 Å². The predicted octanol–water partition coefficient (Wildman–Crippen LogP) is 2.93. The van der Waals surface area contributed by atoms with Gasteiger partial charge in [0.25, 0.3) is 0 Å². The molecule has 0 aromatic heterocycles. The molecule has 1 aliphatic heterocycles. The number of anilines is 1. The van der Waals surface area contributed by atoms with E-state index in [1.807, 2.05) is 25.1 Å². The van der Waals surface area contributed by atoms with Crippen LogP contribution in [0.3, 0.4) is 0 Å². The Morgan fingerprint density at radius 2 is 1.93 bits per heavy atom. The van der Waals surface area contributed by atoms with Crippen LogP contribution in [0.2, 0.25) is 0 Å². The number of fused-ring (bicyclic) bond motifs is 1. The first-order valence-corrected chi connectivity index (χ1v) is 10.6. The lowest BCUT2D eigenvalue weighted by molar-refractivity contribution is 0.299. The number of sulfonamides is 1. The maximum absolute atomic E-state index is 13.9. The molecule has 0 radical (unpaired) electrons. The largest absolute Gasteiger partial charge is 0.374 e. The van der Waals surface area contributed by atoms with Crippen molar-refractivity contribution in [2.75, 3.05) is 39.1 Å². The molecule has 1 atom stereocenters. The lowest BCUT2D eigenvalue weighted by atomic mass is 9.96. The second kappa shape index (κ2) is 8.14. The second-order valence-electron chi connectivity index (χ2n) is 7.32. The molecule has 0 aliphatic carbocycles. The van der Waals surface area contributed by atoms with Gasteiger partial charge in [0, 0.05) is 31.9 Å². The molecule has 8 heteroatoms. The molecule has 3 rings (SSSR count). The first kappa shape index (κ1) is 20.7. The molecule has 1 aliphatic rings. The summed E-state index contributed by atoms with van der Waals surface area (Å²) >= 11 is 0. The van der Waals surface area contributed by atoms with E-state index >= 15 is 0 Å². The molecule has 152 valence electrons. The number of hydrogen-bond donors (Lipinski definition) is 1. The molecule has 0 spiro atoms. The van der Waals surface area contributed by atoms with Crippen LogP contribution in [0.1, 0.15) is 23.6 Å². The number of likely N-dealkylation sites (N-methyl/N-ethyl adjacent to an activating group) is 1. The smallest absolute Gasteiger partial charge is 0.243 e. The topological polar surface area (TPSA) is 52.7 Å². The highest BCUT2D eigenvalue weighted by Crippen LogP contribution is 2.30. The highest BCUT2D eigenvalue weighted by atomic mass is 32.2. The maximum atomic E-state index is 13.9. The number of hydrogen-bond acceptors (Lipinski definition) is 4. The standard InChI is InChI=1S/C20H25F2N3O2S/c1-24(2)19(15-6-9-18-14(11-15)5-4-10-25(18)3)13-23-28(26,27)20-12-16(21)7-8-17(20)22/h6-9,11-12,19,23H,4-5,10,13H2,1-3H3/t19-/m1/s1. The summed E-state index contributed by atoms with van der Waals surface area (Å²) in [6.07, 6.45) is 2.05. The normalized spacial score (nSPS) is 15.6. The Bertz CT molecular complexity index is 964. The minimum absolute atomic E-state index is 0.0416. The fraction of sp³-hybridized carbons (Fsp3) is 0.400. The molecule has 1 N–H and O–H groups in total. The van der Waals surface area contributed by atoms with Gasteiger partial charge in [-0.2, -0.15) is 0 Å². The first-order chi connectivity index (χ1) is 13.2. The van der Waals surface area contributed by atoms with E-state index in [9.17, 15) is 17.2 Å². The van der Waals surface area contributed by atoms with Crippen molar-refractivity contribution in [1.82, 2.24) is 9.62 Å². The van der Waals surface area contributed by atoms with Gasteiger partial charge in [-0.05, 0) is 62.3 Å². The van der Waals surface area contributed by atoms with E-state index < -0.39 is 26.6 Å². The van der Waals surface area contributed by atoms with E-state index in [2.05, 4.69) is 28.8 Å². The summed E-state index contributed by atoms with van der Waals surface area (Å²) in [4.78, 5) is 3.43. The molecule has 0 amide bonds. The molecule has 1 heterocycles. The van der Waals surface area contributed by atoms with E-state index in [0.29, 0.717) is 6.07 Å². The minimum atomic E-state index is -4.18. The van der Waals surface area contributed by atoms with Gasteiger partial charge in [-0.15, -0.1) is 0 Å². The summed E-state index contributed by atoms with van der Waals surface area (Å²) in [5.74, 6) is -1.78. The second-order valence-corrected chi connectivity index (χ2v) is 9.05. The van der Waals surface area contributed by atoms with Crippen molar-refractivity contribution >= 4 is 15.7 Å². The monoisotopic (exact) mass is 409 g/mol. The van der Waals surface area contributed by atoms with E-state index in [-0.39, 0.29) is 12.6 Å². The van der Waals surface area contributed by atoms with Gasteiger partial charge in [0.1, 0.15) is 16.5 Å². The van der Waals surface area contributed by atoms with Gasteiger partial charge in [-0.1, -0.05) is 12.1 Å². The van der Waals surface area contributed by atoms with Crippen molar-refractivity contribution in [1.29, 1.82) is 0 Å². The van der Waals surface area contributed by atoms with Crippen molar-refractivity contribution in [3.63, 3.8) is 0 Å². The van der Waals surface area contributed by atoms with Crippen molar-refractivity contribution in [3.8, 4) is 0 Å². The lowest BCUT2D eigenvalue weighted by Gasteiger charge is -2.30. The number of benzene rings is 2. The minimum Gasteiger partial charge on any atom is -0.374 e. The highest BCUT2D eigenvalue weighted by Gasteiger charge is 2.24. The number of rotatable bonds is 6. The summed E-state index contributed by atoms with van der Waals surface area (Å²) in [7, 11) is 1.59. The fourth-order valence-electron chi connectivity index (χ4n) is 3.56. The Hall–Kier alpha value is -2.03. The molecule has 0 fully saturated rings. The van der Waals surface area contributed by atoms with Crippen LogP contribution in [0.15, 0.2) is 41.3 Å². The van der Waals surface area contributed by atoms with Crippen LogP contribution in [0.4, 0.5) is 14.5 Å². The number of aryl methyl sites for hydroxylation is 1. The zero-order valence-electron chi connectivity index (χ0n) is 16.2. The summed E-state index contributed by atoms with van der Waals surface area (Å²) in [6, 6.07) is 8.30. The number of halogens is 2. The van der Waals surface area contributed by atoms with Crippen LogP contribution in [0.5, 0.6) is 0 Å². The molecule has 2 aromatic rings. The summed E-state index contributed by atoms with van der Waals surface area (Å²) in [5.41, 5.74) is 3.40. The Morgan fingerprint density at radius 3 is 2.64 bits per heavy atom. The summed E-state index contributed by atoms with van der Waals surface area (Å²) < 4.78 is 54.7. The zero-order chi connectivity index (χ0) is 20.5. The first-order valence-electron chi connectivity index (χ1n) is 9.14. The molecular weight excluding hydrogens is 384 g/mol. The number of nitrogens with zero attached hydrogens (tertiary/aromatic N) is 2. The van der Waals surface area contributed by atoms with Crippen LogP contribution in [-0.4, -0.2) is 47.6 Å². The van der Waals surface area contributed by atoms with Crippen LogP contribution < -0.4 is 9.62 Å². The van der Waals surface area contributed by atoms with Crippen LogP contribution in [0, 0.1) is 11.6 Å². The van der Waals surface area contributed by atoms with Gasteiger partial charge < -0.3 is 9.80 Å². The highest BCUT2D eigenvalue weighted by molar-refractivity contribution is 7.89. The zero-order valence-corrected chi connectivity index (χ0v) is 17.1. The fourth-order valence-corrected chi connectivity index (χ4v) is 4.69. The van der Waals surface area contributed by atoms with Crippen LogP contribution >= 0.6 is 0 Å². The summed E-state index contributed by atoms with van der Waals surface area (Å²) in [6.45, 7) is 1.06. The average Bonchev–Trinajstić information content (AvgIpc) is 2.63. The molecule has 28 heavy (non-hydrogen) atoms. The van der Waals surface area contributed by atoms with Gasteiger partial charge in [0.05, 0.1) is 0 Å². The molecule has 0 saturated carbocycles. The van der Waals surface area contributed by atoms with Crippen molar-refractivity contribution in [3.05, 3.63) is 59.2 Å². The third kappa shape index (κ3) is 4.34. The average molecular weight is 410 g/mol. The van der Waals surface area contributed by atoms with E-state index in [0.717, 1.165) is 37.1 Å². The predicted molar refractivity (Wildman–Crippen MR) is 106 cm³/mol. The van der Waals surface area contributed by atoms with Crippen LogP contribution in [0.25, 0.3) is 0 Å². The van der Waals surface area contributed by atoms with Gasteiger partial charge in [-0.25, -0.2) is 21.9 Å². The quantitative estimate of drug-likeness (QED) is 0.797. The lowest BCUT2D eigenvalue weighted by Crippen LogP contribution is -2.35. The van der Waals surface area contributed by atoms with Gasteiger partial charge in [0.2, 0.25) is 10.0 Å². The summed E-state index contributed by atoms with van der Waals surface area (Å²) in [5, 5.41) is 0. The Morgan fingerprint density at radius 1 is 1.18 bits per heavy atom. The van der Waals surface area contributed by atoms with Gasteiger partial charge >= 0.3 is 0 Å². The Labute approximate surface area is 165 Å². The van der Waals surface area contributed by atoms with Crippen molar-refractivity contribution < 1.29 is 17.2 Å². The molecule has 2 aromatic carbocycles. The Balaban J connectivity index is 1.83. The third-order valence-corrected chi connectivity index (χ3v) is 6.55. The van der Waals surface area contributed by atoms with Crippen LogP contribution in [-0.2, 0) is 16.4 Å².